The van der Waals surface area contributed by atoms with Gasteiger partial charge in [-0.25, -0.2) is 0 Å². The first-order chi connectivity index (χ1) is 7.65. The minimum atomic E-state index is -0.525. The van der Waals surface area contributed by atoms with Crippen LogP contribution in [0.1, 0.15) is 45.4 Å². The van der Waals surface area contributed by atoms with Crippen LogP contribution in [0.25, 0.3) is 0 Å². The Bertz CT molecular complexity index is 148. The molecular weight excluding hydrogens is 208 g/mol. The van der Waals surface area contributed by atoms with Crippen LogP contribution in [-0.4, -0.2) is 45.8 Å². The van der Waals surface area contributed by atoms with Crippen LogP contribution < -0.4 is 0 Å². The van der Waals surface area contributed by atoms with Crippen molar-refractivity contribution < 1.29 is 20.4 Å². The molecule has 0 fully saturated rings. The molecule has 0 bridgehead atoms. The first-order valence-corrected chi connectivity index (χ1v) is 6.23. The molecule has 0 amide bonds. The summed E-state index contributed by atoms with van der Waals surface area (Å²) >= 11 is 0. The van der Waals surface area contributed by atoms with Crippen LogP contribution in [0.15, 0.2) is 0 Å². The highest BCUT2D eigenvalue weighted by molar-refractivity contribution is 4.69. The van der Waals surface area contributed by atoms with Crippen LogP contribution in [0.5, 0.6) is 0 Å². The monoisotopic (exact) mass is 234 g/mol. The topological polar surface area (TPSA) is 80.9 Å². The fourth-order valence-electron chi connectivity index (χ4n) is 1.76. The lowest BCUT2D eigenvalue weighted by atomic mass is 9.94. The zero-order valence-corrected chi connectivity index (χ0v) is 10.2. The van der Waals surface area contributed by atoms with Gasteiger partial charge in [-0.15, -0.1) is 0 Å². The molecule has 98 valence electrons. The average molecular weight is 234 g/mol. The Labute approximate surface area is 97.9 Å². The van der Waals surface area contributed by atoms with Crippen molar-refractivity contribution in [2.75, 3.05) is 13.2 Å². The van der Waals surface area contributed by atoms with Crippen LogP contribution in [0, 0.1) is 5.92 Å². The van der Waals surface area contributed by atoms with Crippen LogP contribution in [0.4, 0.5) is 0 Å². The van der Waals surface area contributed by atoms with Crippen LogP contribution in [0.3, 0.4) is 0 Å². The molecule has 4 N–H and O–H groups in total. The number of hydrogen-bond acceptors (Lipinski definition) is 4. The normalized spacial score (nSPS) is 17.1. The molecule has 0 aliphatic carbocycles. The minimum Gasteiger partial charge on any atom is -0.396 e. The van der Waals surface area contributed by atoms with E-state index in [1.165, 1.54) is 0 Å². The van der Waals surface area contributed by atoms with Crippen molar-refractivity contribution in [3.05, 3.63) is 0 Å². The second-order valence-electron chi connectivity index (χ2n) is 4.37. The van der Waals surface area contributed by atoms with E-state index in [0.717, 1.165) is 12.8 Å². The van der Waals surface area contributed by atoms with Gasteiger partial charge in [0.2, 0.25) is 0 Å². The zero-order chi connectivity index (χ0) is 12.4. The highest BCUT2D eigenvalue weighted by Gasteiger charge is 2.17. The fourth-order valence-corrected chi connectivity index (χ4v) is 1.76. The van der Waals surface area contributed by atoms with Gasteiger partial charge in [0.1, 0.15) is 0 Å². The Hall–Kier alpha value is -0.160. The maximum Gasteiger partial charge on any atom is 0.0591 e. The molecule has 0 saturated carbocycles. The molecule has 0 spiro atoms. The SMILES string of the molecule is CCC(CO)C(O)CCC(O)CCCCO. The third kappa shape index (κ3) is 7.17. The number of aliphatic hydroxyl groups excluding tert-OH is 4. The van der Waals surface area contributed by atoms with Gasteiger partial charge in [-0.05, 0) is 38.5 Å². The first kappa shape index (κ1) is 15.8. The Balaban J connectivity index is 3.60. The number of aliphatic hydroxyl groups is 4. The molecule has 16 heavy (non-hydrogen) atoms. The van der Waals surface area contributed by atoms with E-state index in [2.05, 4.69) is 0 Å². The molecule has 0 radical (unpaired) electrons. The molecule has 0 aliphatic rings. The van der Waals surface area contributed by atoms with Crippen molar-refractivity contribution in [1.82, 2.24) is 0 Å². The number of rotatable bonds is 10. The van der Waals surface area contributed by atoms with E-state index >= 15 is 0 Å². The van der Waals surface area contributed by atoms with E-state index in [1.807, 2.05) is 6.92 Å². The van der Waals surface area contributed by atoms with E-state index in [9.17, 15) is 10.2 Å². The molecule has 3 unspecified atom stereocenters. The third-order valence-corrected chi connectivity index (χ3v) is 3.04. The van der Waals surface area contributed by atoms with Gasteiger partial charge in [0.25, 0.3) is 0 Å². The summed E-state index contributed by atoms with van der Waals surface area (Å²) in [6, 6.07) is 0. The third-order valence-electron chi connectivity index (χ3n) is 3.04. The van der Waals surface area contributed by atoms with Crippen molar-refractivity contribution in [3.8, 4) is 0 Å². The van der Waals surface area contributed by atoms with Crippen LogP contribution >= 0.6 is 0 Å². The van der Waals surface area contributed by atoms with Gasteiger partial charge in [0.15, 0.2) is 0 Å². The molecule has 4 heteroatoms. The Morgan fingerprint density at radius 3 is 2.12 bits per heavy atom. The standard InChI is InChI=1S/C12H26O4/c1-2-10(9-14)12(16)7-6-11(15)5-3-4-8-13/h10-16H,2-9H2,1H3. The van der Waals surface area contributed by atoms with E-state index in [4.69, 9.17) is 10.2 Å². The van der Waals surface area contributed by atoms with Crippen molar-refractivity contribution in [3.63, 3.8) is 0 Å². The quantitative estimate of drug-likeness (QED) is 0.419. The van der Waals surface area contributed by atoms with Crippen molar-refractivity contribution in [2.24, 2.45) is 5.92 Å². The molecule has 0 aromatic heterocycles. The van der Waals surface area contributed by atoms with Gasteiger partial charge in [-0.2, -0.15) is 0 Å². The highest BCUT2D eigenvalue weighted by atomic mass is 16.3. The molecular formula is C12H26O4. The molecule has 0 saturated heterocycles. The van der Waals surface area contributed by atoms with Gasteiger partial charge in [-0.1, -0.05) is 6.92 Å². The van der Waals surface area contributed by atoms with Crippen molar-refractivity contribution in [1.29, 1.82) is 0 Å². The molecule has 0 aromatic carbocycles. The molecule has 4 nitrogen and oxygen atoms in total. The lowest BCUT2D eigenvalue weighted by Crippen LogP contribution is -2.24. The first-order valence-electron chi connectivity index (χ1n) is 6.23. The lowest BCUT2D eigenvalue weighted by molar-refractivity contribution is 0.0424. The summed E-state index contributed by atoms with van der Waals surface area (Å²) in [6.07, 6.45) is 3.10. The van der Waals surface area contributed by atoms with Crippen molar-refractivity contribution >= 4 is 0 Å². The second kappa shape index (κ2) is 10.0. The molecule has 0 rings (SSSR count). The largest absolute Gasteiger partial charge is 0.396 e. The fraction of sp³-hybridized carbons (Fsp3) is 1.00. The smallest absolute Gasteiger partial charge is 0.0591 e. The number of unbranched alkanes of at least 4 members (excludes halogenated alkanes) is 1. The maximum absolute atomic E-state index is 9.72. The summed E-state index contributed by atoms with van der Waals surface area (Å²) in [5.41, 5.74) is 0. The summed E-state index contributed by atoms with van der Waals surface area (Å²) in [4.78, 5) is 0. The van der Waals surface area contributed by atoms with E-state index in [-0.39, 0.29) is 19.1 Å². The average Bonchev–Trinajstić information content (AvgIpc) is 2.28. The van der Waals surface area contributed by atoms with E-state index < -0.39 is 12.2 Å². The summed E-state index contributed by atoms with van der Waals surface area (Å²) in [6.45, 7) is 2.10. The van der Waals surface area contributed by atoms with E-state index in [0.29, 0.717) is 25.7 Å². The molecule has 0 aromatic rings. The summed E-state index contributed by atoms with van der Waals surface area (Å²) in [7, 11) is 0. The second-order valence-corrected chi connectivity index (χ2v) is 4.37. The maximum atomic E-state index is 9.72. The Morgan fingerprint density at radius 1 is 0.938 bits per heavy atom. The zero-order valence-electron chi connectivity index (χ0n) is 10.2. The number of hydrogen-bond donors (Lipinski definition) is 4. The Kier molecular flexibility index (Phi) is 9.92. The summed E-state index contributed by atoms with van der Waals surface area (Å²) in [5.74, 6) is -0.0790. The predicted octanol–water partition coefficient (Wildman–Crippen LogP) is 0.669. The minimum absolute atomic E-state index is 0.00171. The summed E-state index contributed by atoms with van der Waals surface area (Å²) < 4.78 is 0. The van der Waals surface area contributed by atoms with Gasteiger partial charge in [-0.3, -0.25) is 0 Å². The van der Waals surface area contributed by atoms with Crippen molar-refractivity contribution in [2.45, 2.75) is 57.7 Å². The van der Waals surface area contributed by atoms with Crippen LogP contribution in [-0.2, 0) is 0 Å². The lowest BCUT2D eigenvalue weighted by Gasteiger charge is -2.20. The Morgan fingerprint density at radius 2 is 1.62 bits per heavy atom. The summed E-state index contributed by atoms with van der Waals surface area (Å²) in [5, 5.41) is 36.9. The van der Waals surface area contributed by atoms with E-state index in [1.54, 1.807) is 0 Å². The van der Waals surface area contributed by atoms with Gasteiger partial charge in [0.05, 0.1) is 12.2 Å². The van der Waals surface area contributed by atoms with Gasteiger partial charge < -0.3 is 20.4 Å². The van der Waals surface area contributed by atoms with Gasteiger partial charge >= 0.3 is 0 Å². The highest BCUT2D eigenvalue weighted by Crippen LogP contribution is 2.15. The predicted molar refractivity (Wildman–Crippen MR) is 63.1 cm³/mol. The van der Waals surface area contributed by atoms with Crippen LogP contribution in [0.2, 0.25) is 0 Å². The molecule has 0 heterocycles. The molecule has 3 atom stereocenters. The van der Waals surface area contributed by atoms with Gasteiger partial charge in [0, 0.05) is 19.1 Å². The molecule has 0 aliphatic heterocycles.